The summed E-state index contributed by atoms with van der Waals surface area (Å²) in [6.45, 7) is 1.83. The van der Waals surface area contributed by atoms with Crippen LogP contribution in [0.1, 0.15) is 12.8 Å². The second-order valence-corrected chi connectivity index (χ2v) is 5.48. The highest BCUT2D eigenvalue weighted by Gasteiger charge is 2.21. The molecule has 1 aromatic rings. The van der Waals surface area contributed by atoms with E-state index in [9.17, 15) is 10.1 Å². The maximum atomic E-state index is 11.0. The topological polar surface area (TPSA) is 58.4 Å². The lowest BCUT2D eigenvalue weighted by molar-refractivity contribution is -0.384. The number of anilines is 1. The summed E-state index contributed by atoms with van der Waals surface area (Å²) in [5.41, 5.74) is 0.807. The Morgan fingerprint density at radius 2 is 2.39 bits per heavy atom. The summed E-state index contributed by atoms with van der Waals surface area (Å²) in [5.74, 6) is 0. The summed E-state index contributed by atoms with van der Waals surface area (Å²) < 4.78 is 0.856. The molecular weight excluding hydrogens is 298 g/mol. The molecule has 0 aromatic heterocycles. The number of benzene rings is 1. The number of nitrogens with one attached hydrogen (secondary N) is 1. The van der Waals surface area contributed by atoms with Gasteiger partial charge in [-0.3, -0.25) is 10.1 Å². The maximum Gasteiger partial charge on any atom is 0.292 e. The molecule has 0 saturated carbocycles. The SMILES string of the molecule is CN(CC1CCCN1)c1cc(Br)ccc1[N+](=O)[O-]. The number of rotatable bonds is 4. The van der Waals surface area contributed by atoms with Crippen molar-refractivity contribution in [1.29, 1.82) is 0 Å². The van der Waals surface area contributed by atoms with E-state index in [2.05, 4.69) is 21.2 Å². The van der Waals surface area contributed by atoms with Crippen LogP contribution in [-0.4, -0.2) is 31.1 Å². The molecule has 18 heavy (non-hydrogen) atoms. The standard InChI is InChI=1S/C12H16BrN3O2/c1-15(8-10-3-2-6-14-10)12-7-9(13)4-5-11(12)16(17)18/h4-5,7,10,14H,2-3,6,8H2,1H3. The molecule has 2 rings (SSSR count). The first-order valence-electron chi connectivity index (χ1n) is 5.96. The van der Waals surface area contributed by atoms with Crippen LogP contribution in [0.2, 0.25) is 0 Å². The highest BCUT2D eigenvalue weighted by atomic mass is 79.9. The summed E-state index contributed by atoms with van der Waals surface area (Å²) in [4.78, 5) is 12.6. The molecule has 1 heterocycles. The van der Waals surface area contributed by atoms with Crippen molar-refractivity contribution in [3.8, 4) is 0 Å². The Kier molecular flexibility index (Phi) is 4.19. The first kappa shape index (κ1) is 13.3. The number of halogens is 1. The van der Waals surface area contributed by atoms with Crippen molar-refractivity contribution in [1.82, 2.24) is 5.32 Å². The Balaban J connectivity index is 2.19. The van der Waals surface area contributed by atoms with E-state index in [0.717, 1.165) is 24.0 Å². The smallest absolute Gasteiger partial charge is 0.292 e. The van der Waals surface area contributed by atoms with Crippen LogP contribution in [0, 0.1) is 10.1 Å². The van der Waals surface area contributed by atoms with Gasteiger partial charge in [-0.1, -0.05) is 15.9 Å². The van der Waals surface area contributed by atoms with Gasteiger partial charge in [0.25, 0.3) is 5.69 Å². The van der Waals surface area contributed by atoms with Gasteiger partial charge in [0.2, 0.25) is 0 Å². The molecule has 1 aliphatic heterocycles. The van der Waals surface area contributed by atoms with Gasteiger partial charge in [0.1, 0.15) is 5.69 Å². The van der Waals surface area contributed by atoms with E-state index in [1.807, 2.05) is 11.9 Å². The zero-order chi connectivity index (χ0) is 13.1. The normalized spacial score (nSPS) is 18.9. The number of nitrogens with zero attached hydrogens (tertiary/aromatic N) is 2. The van der Waals surface area contributed by atoms with Crippen LogP contribution < -0.4 is 10.2 Å². The number of nitro benzene ring substituents is 1. The third-order valence-corrected chi connectivity index (χ3v) is 3.70. The number of hydrogen-bond acceptors (Lipinski definition) is 4. The van der Waals surface area contributed by atoms with Crippen molar-refractivity contribution in [2.75, 3.05) is 25.0 Å². The van der Waals surface area contributed by atoms with Gasteiger partial charge in [0, 0.05) is 30.2 Å². The van der Waals surface area contributed by atoms with E-state index >= 15 is 0 Å². The predicted molar refractivity (Wildman–Crippen MR) is 75.1 cm³/mol. The van der Waals surface area contributed by atoms with Crippen LogP contribution in [-0.2, 0) is 0 Å². The number of likely N-dealkylation sites (N-methyl/N-ethyl adjacent to an activating group) is 1. The van der Waals surface area contributed by atoms with Gasteiger partial charge in [-0.15, -0.1) is 0 Å². The summed E-state index contributed by atoms with van der Waals surface area (Å²) in [6, 6.07) is 5.46. The summed E-state index contributed by atoms with van der Waals surface area (Å²) >= 11 is 3.36. The fourth-order valence-electron chi connectivity index (χ4n) is 2.30. The van der Waals surface area contributed by atoms with E-state index in [4.69, 9.17) is 0 Å². The van der Waals surface area contributed by atoms with Crippen molar-refractivity contribution in [3.63, 3.8) is 0 Å². The van der Waals surface area contributed by atoms with Crippen molar-refractivity contribution < 1.29 is 4.92 Å². The minimum Gasteiger partial charge on any atom is -0.367 e. The average molecular weight is 314 g/mol. The Morgan fingerprint density at radius 3 is 3.00 bits per heavy atom. The predicted octanol–water partition coefficient (Wildman–Crippen LogP) is 2.55. The summed E-state index contributed by atoms with van der Waals surface area (Å²) in [6.07, 6.45) is 2.31. The van der Waals surface area contributed by atoms with Gasteiger partial charge in [-0.2, -0.15) is 0 Å². The van der Waals surface area contributed by atoms with Gasteiger partial charge >= 0.3 is 0 Å². The fraction of sp³-hybridized carbons (Fsp3) is 0.500. The highest BCUT2D eigenvalue weighted by molar-refractivity contribution is 9.10. The minimum absolute atomic E-state index is 0.152. The molecule has 0 spiro atoms. The fourth-order valence-corrected chi connectivity index (χ4v) is 2.65. The van der Waals surface area contributed by atoms with Crippen LogP contribution in [0.4, 0.5) is 11.4 Å². The van der Waals surface area contributed by atoms with E-state index in [-0.39, 0.29) is 10.6 Å². The van der Waals surface area contributed by atoms with Crippen LogP contribution in [0.5, 0.6) is 0 Å². The van der Waals surface area contributed by atoms with Gasteiger partial charge in [0.15, 0.2) is 0 Å². The monoisotopic (exact) mass is 313 g/mol. The molecule has 5 nitrogen and oxygen atoms in total. The van der Waals surface area contributed by atoms with Crippen LogP contribution >= 0.6 is 15.9 Å². The first-order chi connectivity index (χ1) is 8.58. The average Bonchev–Trinajstić information content (AvgIpc) is 2.81. The first-order valence-corrected chi connectivity index (χ1v) is 6.75. The Labute approximate surface area is 114 Å². The van der Waals surface area contributed by atoms with Crippen molar-refractivity contribution >= 4 is 27.3 Å². The Morgan fingerprint density at radius 1 is 1.61 bits per heavy atom. The van der Waals surface area contributed by atoms with E-state index < -0.39 is 0 Å². The molecule has 0 amide bonds. The lowest BCUT2D eigenvalue weighted by Crippen LogP contribution is -2.35. The lowest BCUT2D eigenvalue weighted by Gasteiger charge is -2.23. The molecule has 1 atom stereocenters. The molecule has 1 N–H and O–H groups in total. The Hall–Kier alpha value is -1.14. The quantitative estimate of drug-likeness (QED) is 0.685. The van der Waals surface area contributed by atoms with Crippen molar-refractivity contribution in [3.05, 3.63) is 32.8 Å². The molecule has 1 aliphatic rings. The lowest BCUT2D eigenvalue weighted by atomic mass is 10.2. The Bertz CT molecular complexity index is 447. The van der Waals surface area contributed by atoms with Gasteiger partial charge in [-0.05, 0) is 31.5 Å². The van der Waals surface area contributed by atoms with Crippen molar-refractivity contribution in [2.24, 2.45) is 0 Å². The van der Waals surface area contributed by atoms with Gasteiger partial charge in [-0.25, -0.2) is 0 Å². The second kappa shape index (κ2) is 5.67. The zero-order valence-electron chi connectivity index (χ0n) is 10.2. The highest BCUT2D eigenvalue weighted by Crippen LogP contribution is 2.30. The van der Waals surface area contributed by atoms with Gasteiger partial charge < -0.3 is 10.2 Å². The molecule has 0 radical (unpaired) electrons. The second-order valence-electron chi connectivity index (χ2n) is 4.56. The molecule has 1 saturated heterocycles. The molecule has 98 valence electrons. The minimum atomic E-state index is -0.333. The molecule has 1 unspecified atom stereocenters. The third kappa shape index (κ3) is 3.00. The van der Waals surface area contributed by atoms with Gasteiger partial charge in [0.05, 0.1) is 4.92 Å². The number of nitro groups is 1. The zero-order valence-corrected chi connectivity index (χ0v) is 11.8. The largest absolute Gasteiger partial charge is 0.367 e. The van der Waals surface area contributed by atoms with Crippen molar-refractivity contribution in [2.45, 2.75) is 18.9 Å². The molecule has 1 fully saturated rings. The van der Waals surface area contributed by atoms with Crippen LogP contribution in [0.15, 0.2) is 22.7 Å². The van der Waals surface area contributed by atoms with E-state index in [1.54, 1.807) is 12.1 Å². The van der Waals surface area contributed by atoms with E-state index in [1.165, 1.54) is 12.5 Å². The molecule has 6 heteroatoms. The molecule has 0 bridgehead atoms. The summed E-state index contributed by atoms with van der Waals surface area (Å²) in [5, 5.41) is 14.4. The third-order valence-electron chi connectivity index (χ3n) is 3.20. The number of hydrogen-bond donors (Lipinski definition) is 1. The molecular formula is C12H16BrN3O2. The van der Waals surface area contributed by atoms with Crippen LogP contribution in [0.3, 0.4) is 0 Å². The van der Waals surface area contributed by atoms with E-state index in [0.29, 0.717) is 11.7 Å². The maximum absolute atomic E-state index is 11.0. The van der Waals surface area contributed by atoms with Crippen LogP contribution in [0.25, 0.3) is 0 Å². The molecule has 1 aromatic carbocycles. The molecule has 0 aliphatic carbocycles. The summed E-state index contributed by atoms with van der Waals surface area (Å²) in [7, 11) is 1.90.